The molecule has 1 rings (SSSR count). The van der Waals surface area contributed by atoms with Gasteiger partial charge >= 0.3 is 0 Å². The molecule has 0 spiro atoms. The summed E-state index contributed by atoms with van der Waals surface area (Å²) in [5, 5.41) is 8.49. The second-order valence-electron chi connectivity index (χ2n) is 4.90. The van der Waals surface area contributed by atoms with Crippen molar-refractivity contribution in [1.82, 2.24) is 15.1 Å². The summed E-state index contributed by atoms with van der Waals surface area (Å²) in [6.45, 7) is 10.0. The molecule has 0 aliphatic heterocycles. The first-order valence-corrected chi connectivity index (χ1v) is 6.85. The van der Waals surface area contributed by atoms with Crippen molar-refractivity contribution in [3.8, 4) is 0 Å². The van der Waals surface area contributed by atoms with Crippen molar-refractivity contribution < 1.29 is 4.74 Å². The molecule has 1 heterocycles. The summed E-state index contributed by atoms with van der Waals surface area (Å²) < 4.78 is 7.57. The van der Waals surface area contributed by atoms with Crippen LogP contribution in [0.2, 0.25) is 5.02 Å². The third kappa shape index (κ3) is 3.25. The molecule has 0 saturated carbocycles. The molecular weight excluding hydrogens is 250 g/mol. The van der Waals surface area contributed by atoms with Gasteiger partial charge in [0.1, 0.15) is 0 Å². The third-order valence-electron chi connectivity index (χ3n) is 3.17. The van der Waals surface area contributed by atoms with E-state index in [0.717, 1.165) is 25.2 Å². The van der Waals surface area contributed by atoms with Crippen LogP contribution in [0.3, 0.4) is 0 Å². The van der Waals surface area contributed by atoms with Gasteiger partial charge in [-0.25, -0.2) is 0 Å². The van der Waals surface area contributed by atoms with E-state index in [2.05, 4.69) is 38.1 Å². The van der Waals surface area contributed by atoms with E-state index in [4.69, 9.17) is 16.3 Å². The third-order valence-corrected chi connectivity index (χ3v) is 3.46. The molecule has 4 nitrogen and oxygen atoms in total. The average molecular weight is 274 g/mol. The van der Waals surface area contributed by atoms with Crippen molar-refractivity contribution in [3.05, 3.63) is 16.9 Å². The zero-order chi connectivity index (χ0) is 13.8. The summed E-state index contributed by atoms with van der Waals surface area (Å²) in [6.07, 6.45) is 2.74. The smallest absolute Gasteiger partial charge is 0.0835 e. The van der Waals surface area contributed by atoms with Crippen LogP contribution in [0, 0.1) is 0 Å². The van der Waals surface area contributed by atoms with Crippen LogP contribution in [0.25, 0.3) is 0 Å². The van der Waals surface area contributed by atoms with Gasteiger partial charge in [0.25, 0.3) is 0 Å². The number of halogens is 1. The number of nitrogens with zero attached hydrogens (tertiary/aromatic N) is 2. The summed E-state index contributed by atoms with van der Waals surface area (Å²) in [4.78, 5) is 0. The second kappa shape index (κ2) is 6.55. The van der Waals surface area contributed by atoms with Gasteiger partial charge in [0, 0.05) is 13.7 Å². The molecule has 0 aliphatic rings. The summed E-state index contributed by atoms with van der Waals surface area (Å²) in [5.41, 5.74) is 0.665. The van der Waals surface area contributed by atoms with Gasteiger partial charge in [0.15, 0.2) is 0 Å². The lowest BCUT2D eigenvalue weighted by Gasteiger charge is -2.34. The predicted octanol–water partition coefficient (Wildman–Crippen LogP) is 3.02. The van der Waals surface area contributed by atoms with Gasteiger partial charge in [0.2, 0.25) is 0 Å². The molecule has 1 N–H and O–H groups in total. The molecule has 1 unspecified atom stereocenters. The van der Waals surface area contributed by atoms with Crippen LogP contribution in [0.1, 0.15) is 45.9 Å². The van der Waals surface area contributed by atoms with Crippen LogP contribution in [-0.4, -0.2) is 29.0 Å². The van der Waals surface area contributed by atoms with Gasteiger partial charge in [-0.2, -0.15) is 5.10 Å². The topological polar surface area (TPSA) is 39.1 Å². The molecular formula is C13H24ClN3O. The minimum atomic E-state index is -0.342. The van der Waals surface area contributed by atoms with Crippen LogP contribution in [-0.2, 0) is 11.3 Å². The highest BCUT2D eigenvalue weighted by Crippen LogP contribution is 2.32. The Morgan fingerprint density at radius 2 is 2.17 bits per heavy atom. The number of rotatable bonds is 7. The monoisotopic (exact) mass is 273 g/mol. The zero-order valence-electron chi connectivity index (χ0n) is 12.0. The van der Waals surface area contributed by atoms with Gasteiger partial charge in [-0.1, -0.05) is 25.4 Å². The number of likely N-dealkylation sites (N-methyl/N-ethyl adjacent to an activating group) is 1. The molecule has 18 heavy (non-hydrogen) atoms. The fraction of sp³-hybridized carbons (Fsp3) is 0.769. The highest BCUT2D eigenvalue weighted by Gasteiger charge is 2.34. The Morgan fingerprint density at radius 3 is 2.67 bits per heavy atom. The van der Waals surface area contributed by atoms with E-state index in [1.807, 2.05) is 4.68 Å². The molecule has 0 aromatic carbocycles. The number of methoxy groups -OCH3 is 1. The van der Waals surface area contributed by atoms with Crippen molar-refractivity contribution in [3.63, 3.8) is 0 Å². The van der Waals surface area contributed by atoms with Crippen LogP contribution in [0.4, 0.5) is 0 Å². The molecule has 0 saturated heterocycles. The number of ether oxygens (including phenoxy) is 1. The van der Waals surface area contributed by atoms with E-state index in [1.54, 1.807) is 13.3 Å². The average Bonchev–Trinajstić information content (AvgIpc) is 2.68. The summed E-state index contributed by atoms with van der Waals surface area (Å²) in [5.74, 6) is 0. The van der Waals surface area contributed by atoms with Crippen LogP contribution >= 0.6 is 11.6 Å². The van der Waals surface area contributed by atoms with Crippen molar-refractivity contribution >= 4 is 11.6 Å². The van der Waals surface area contributed by atoms with Gasteiger partial charge in [0.05, 0.1) is 28.6 Å². The molecule has 1 aromatic heterocycles. The van der Waals surface area contributed by atoms with Crippen molar-refractivity contribution in [2.75, 3.05) is 13.7 Å². The Kier molecular flexibility index (Phi) is 5.63. The molecule has 5 heteroatoms. The van der Waals surface area contributed by atoms with E-state index in [0.29, 0.717) is 5.02 Å². The minimum absolute atomic E-state index is 0.0223. The first-order valence-electron chi connectivity index (χ1n) is 6.47. The summed E-state index contributed by atoms with van der Waals surface area (Å²) in [6, 6.07) is 0.0223. The predicted molar refractivity (Wildman–Crippen MR) is 75.0 cm³/mol. The van der Waals surface area contributed by atoms with Crippen molar-refractivity contribution in [1.29, 1.82) is 0 Å². The van der Waals surface area contributed by atoms with E-state index >= 15 is 0 Å². The zero-order valence-corrected chi connectivity index (χ0v) is 12.7. The molecule has 0 radical (unpaired) electrons. The van der Waals surface area contributed by atoms with E-state index in [1.165, 1.54) is 0 Å². The summed E-state index contributed by atoms with van der Waals surface area (Å²) >= 11 is 6.30. The fourth-order valence-corrected chi connectivity index (χ4v) is 2.29. The van der Waals surface area contributed by atoms with E-state index in [-0.39, 0.29) is 11.6 Å². The van der Waals surface area contributed by atoms with Gasteiger partial charge in [-0.3, -0.25) is 4.68 Å². The van der Waals surface area contributed by atoms with E-state index < -0.39 is 0 Å². The molecule has 104 valence electrons. The molecule has 0 amide bonds. The summed E-state index contributed by atoms with van der Waals surface area (Å²) in [7, 11) is 1.72. The highest BCUT2D eigenvalue weighted by atomic mass is 35.5. The van der Waals surface area contributed by atoms with Crippen LogP contribution in [0.5, 0.6) is 0 Å². The number of hydrogen-bond acceptors (Lipinski definition) is 3. The lowest BCUT2D eigenvalue weighted by Crippen LogP contribution is -2.42. The Labute approximate surface area is 115 Å². The maximum atomic E-state index is 6.30. The van der Waals surface area contributed by atoms with Gasteiger partial charge < -0.3 is 10.1 Å². The fourth-order valence-electron chi connectivity index (χ4n) is 2.04. The minimum Gasteiger partial charge on any atom is -0.377 e. The quantitative estimate of drug-likeness (QED) is 0.830. The molecule has 0 bridgehead atoms. The SMILES string of the molecule is CCCn1ncc(Cl)c1C(NCC)C(C)(C)OC. The lowest BCUT2D eigenvalue weighted by atomic mass is 9.95. The normalized spacial score (nSPS) is 13.9. The molecule has 0 fully saturated rings. The Morgan fingerprint density at radius 1 is 1.50 bits per heavy atom. The number of aromatic nitrogens is 2. The highest BCUT2D eigenvalue weighted by molar-refractivity contribution is 6.31. The number of hydrogen-bond donors (Lipinski definition) is 1. The largest absolute Gasteiger partial charge is 0.377 e. The molecule has 1 aromatic rings. The second-order valence-corrected chi connectivity index (χ2v) is 5.31. The van der Waals surface area contributed by atoms with Gasteiger partial charge in [-0.15, -0.1) is 0 Å². The van der Waals surface area contributed by atoms with Crippen molar-refractivity contribution in [2.24, 2.45) is 0 Å². The maximum absolute atomic E-state index is 6.30. The first kappa shape index (κ1) is 15.5. The standard InChI is InChI=1S/C13H24ClN3O/c1-6-8-17-11(10(14)9-16-17)12(15-7-2)13(3,4)18-5/h9,12,15H,6-8H2,1-5H3. The number of aryl methyl sites for hydroxylation is 1. The first-order chi connectivity index (χ1) is 8.47. The Balaban J connectivity index is 3.16. The van der Waals surface area contributed by atoms with E-state index in [9.17, 15) is 0 Å². The molecule has 0 aliphatic carbocycles. The molecule has 1 atom stereocenters. The van der Waals surface area contributed by atoms with Crippen LogP contribution in [0.15, 0.2) is 6.20 Å². The Bertz CT molecular complexity index is 376. The lowest BCUT2D eigenvalue weighted by molar-refractivity contribution is -0.0131. The van der Waals surface area contributed by atoms with Crippen molar-refractivity contribution in [2.45, 2.75) is 52.3 Å². The van der Waals surface area contributed by atoms with Crippen LogP contribution < -0.4 is 5.32 Å². The maximum Gasteiger partial charge on any atom is 0.0835 e. The number of nitrogens with one attached hydrogen (secondary N) is 1. The van der Waals surface area contributed by atoms with Gasteiger partial charge in [-0.05, 0) is 26.8 Å². The Hall–Kier alpha value is -0.580.